The van der Waals surface area contributed by atoms with Crippen molar-refractivity contribution < 1.29 is 14.7 Å². The van der Waals surface area contributed by atoms with Crippen molar-refractivity contribution in [3.8, 4) is 11.8 Å². The molecule has 2 rings (SSSR count). The van der Waals surface area contributed by atoms with Crippen molar-refractivity contribution in [1.29, 1.82) is 0 Å². The van der Waals surface area contributed by atoms with Crippen LogP contribution >= 0.6 is 23.2 Å². The van der Waals surface area contributed by atoms with E-state index in [1.54, 1.807) is 12.1 Å². The molecule has 188 valence electrons. The van der Waals surface area contributed by atoms with E-state index in [1.165, 1.54) is 37.0 Å². The number of halogens is 2. The van der Waals surface area contributed by atoms with Gasteiger partial charge in [-0.15, -0.1) is 0 Å². The minimum absolute atomic E-state index is 0.0693. The number of unbranched alkanes of at least 4 members (excludes halogenated alkanes) is 6. The Hall–Kier alpha value is -2.48. The molecule has 0 heterocycles. The first kappa shape index (κ1) is 28.8. The molecule has 0 aliphatic carbocycles. The normalized spacial score (nSPS) is 11.4. The minimum atomic E-state index is -1.47. The van der Waals surface area contributed by atoms with Gasteiger partial charge in [0.25, 0.3) is 0 Å². The van der Waals surface area contributed by atoms with Gasteiger partial charge >= 0.3 is 11.9 Å². The Morgan fingerprint density at radius 2 is 1.63 bits per heavy atom. The number of nitrogens with zero attached hydrogens (tertiary/aromatic N) is 1. The average molecular weight is 517 g/mol. The molecule has 2 aromatic carbocycles. The van der Waals surface area contributed by atoms with Gasteiger partial charge in [-0.25, -0.2) is 4.79 Å². The number of hydrogen-bond acceptors (Lipinski definition) is 2. The molecule has 1 unspecified atom stereocenters. The van der Waals surface area contributed by atoms with Gasteiger partial charge in [-0.05, 0) is 48.2 Å². The first-order valence-electron chi connectivity index (χ1n) is 12.4. The second-order valence-corrected chi connectivity index (χ2v) is 9.60. The number of carbonyl (C=O) groups is 2. The molecule has 0 aliphatic heterocycles. The molecular formula is C29H35Cl2NO3. The smallest absolute Gasteiger partial charge is 0.394 e. The summed E-state index contributed by atoms with van der Waals surface area (Å²) in [6.45, 7) is 4.68. The molecule has 35 heavy (non-hydrogen) atoms. The van der Waals surface area contributed by atoms with E-state index in [4.69, 9.17) is 23.2 Å². The number of carboxylic acids is 1. The van der Waals surface area contributed by atoms with Crippen molar-refractivity contribution in [2.45, 2.75) is 77.7 Å². The highest BCUT2D eigenvalue weighted by Crippen LogP contribution is 2.29. The number of benzene rings is 2. The lowest BCUT2D eigenvalue weighted by molar-refractivity contribution is -0.156. The van der Waals surface area contributed by atoms with Crippen LogP contribution in [-0.4, -0.2) is 28.4 Å². The summed E-state index contributed by atoms with van der Waals surface area (Å²) in [5, 5.41) is 10.3. The third-order valence-corrected chi connectivity index (χ3v) is 6.77. The van der Waals surface area contributed by atoms with Crippen LogP contribution in [-0.2, 0) is 16.1 Å². The molecule has 0 fully saturated rings. The minimum Gasteiger partial charge on any atom is -0.474 e. The van der Waals surface area contributed by atoms with E-state index in [9.17, 15) is 14.7 Å². The Morgan fingerprint density at radius 1 is 0.943 bits per heavy atom. The highest BCUT2D eigenvalue weighted by atomic mass is 35.5. The van der Waals surface area contributed by atoms with Crippen molar-refractivity contribution in [3.63, 3.8) is 0 Å². The van der Waals surface area contributed by atoms with Gasteiger partial charge in [0, 0.05) is 31.0 Å². The zero-order chi connectivity index (χ0) is 25.6. The monoisotopic (exact) mass is 515 g/mol. The summed E-state index contributed by atoms with van der Waals surface area (Å²) in [5.41, 5.74) is 2.68. The highest BCUT2D eigenvalue weighted by molar-refractivity contribution is 6.42. The molecule has 1 N–H and O–H groups in total. The Kier molecular flexibility index (Phi) is 12.7. The van der Waals surface area contributed by atoms with E-state index < -0.39 is 11.9 Å². The van der Waals surface area contributed by atoms with Gasteiger partial charge in [0.1, 0.15) is 0 Å². The summed E-state index contributed by atoms with van der Waals surface area (Å²) >= 11 is 12.2. The van der Waals surface area contributed by atoms with E-state index in [1.807, 2.05) is 37.3 Å². The van der Waals surface area contributed by atoms with Crippen LogP contribution in [0.3, 0.4) is 0 Å². The van der Waals surface area contributed by atoms with Crippen LogP contribution < -0.4 is 0 Å². The highest BCUT2D eigenvalue weighted by Gasteiger charge is 2.25. The third kappa shape index (κ3) is 9.96. The van der Waals surface area contributed by atoms with Crippen LogP contribution in [0.5, 0.6) is 0 Å². The molecule has 0 aromatic heterocycles. The van der Waals surface area contributed by atoms with Crippen LogP contribution in [0.4, 0.5) is 0 Å². The summed E-state index contributed by atoms with van der Waals surface area (Å²) in [7, 11) is 0. The predicted octanol–water partition coefficient (Wildman–Crippen LogP) is 7.70. The zero-order valence-corrected chi connectivity index (χ0v) is 22.2. The summed E-state index contributed by atoms with van der Waals surface area (Å²) in [4.78, 5) is 25.3. The summed E-state index contributed by atoms with van der Waals surface area (Å²) < 4.78 is 0. The Bertz CT molecular complexity index is 1020. The molecule has 0 saturated carbocycles. The summed E-state index contributed by atoms with van der Waals surface area (Å²) in [6, 6.07) is 13.0. The van der Waals surface area contributed by atoms with Gasteiger partial charge in [0.05, 0.1) is 10.0 Å². The molecule has 1 amide bonds. The number of carboxylic acid groups (broad SMARTS) is 1. The second-order valence-electron chi connectivity index (χ2n) is 8.79. The van der Waals surface area contributed by atoms with E-state index in [0.717, 1.165) is 29.5 Å². The first-order valence-corrected chi connectivity index (χ1v) is 13.2. The largest absolute Gasteiger partial charge is 0.474 e. The fourth-order valence-corrected chi connectivity index (χ4v) is 4.24. The molecule has 4 nitrogen and oxygen atoms in total. The lowest BCUT2D eigenvalue weighted by Crippen LogP contribution is -2.38. The fraction of sp³-hybridized carbons (Fsp3) is 0.448. The van der Waals surface area contributed by atoms with E-state index in [2.05, 4.69) is 18.8 Å². The van der Waals surface area contributed by atoms with Crippen LogP contribution in [0, 0.1) is 11.8 Å². The lowest BCUT2D eigenvalue weighted by Gasteiger charge is -2.26. The Balaban J connectivity index is 2.01. The number of rotatable bonds is 12. The molecule has 0 aliphatic rings. The van der Waals surface area contributed by atoms with Gasteiger partial charge in [0.2, 0.25) is 0 Å². The molecule has 0 radical (unpaired) electrons. The van der Waals surface area contributed by atoms with Gasteiger partial charge in [0.15, 0.2) is 0 Å². The first-order chi connectivity index (χ1) is 16.8. The predicted molar refractivity (Wildman–Crippen MR) is 144 cm³/mol. The van der Waals surface area contributed by atoms with Crippen LogP contribution in [0.25, 0.3) is 0 Å². The van der Waals surface area contributed by atoms with Crippen LogP contribution in [0.1, 0.15) is 87.8 Å². The maximum absolute atomic E-state index is 12.5. The van der Waals surface area contributed by atoms with Crippen molar-refractivity contribution in [1.82, 2.24) is 4.90 Å². The molecule has 2 aromatic rings. The molecule has 0 bridgehead atoms. The van der Waals surface area contributed by atoms with Gasteiger partial charge in [-0.2, -0.15) is 0 Å². The molecule has 0 spiro atoms. The number of hydrogen-bond donors (Lipinski definition) is 1. The van der Waals surface area contributed by atoms with Crippen LogP contribution in [0.2, 0.25) is 10.0 Å². The number of carbonyl (C=O) groups excluding carboxylic acids is 1. The molecular weight excluding hydrogens is 481 g/mol. The number of aliphatic carboxylic acids is 1. The SMILES string of the molecule is CCCCCCCCC#Cc1ccc(CN(CC(CC)c2ccc(Cl)c(Cl)c2)C(=O)C(=O)O)cc1. The second kappa shape index (κ2) is 15.5. The maximum atomic E-state index is 12.5. The van der Waals surface area contributed by atoms with E-state index >= 15 is 0 Å². The quantitative estimate of drug-likeness (QED) is 0.179. The fourth-order valence-electron chi connectivity index (χ4n) is 3.93. The van der Waals surface area contributed by atoms with Gasteiger partial charge in [-0.3, -0.25) is 4.79 Å². The van der Waals surface area contributed by atoms with Crippen molar-refractivity contribution in [2.24, 2.45) is 0 Å². The zero-order valence-electron chi connectivity index (χ0n) is 20.7. The van der Waals surface area contributed by atoms with Crippen molar-refractivity contribution in [3.05, 3.63) is 69.2 Å². The van der Waals surface area contributed by atoms with Crippen LogP contribution in [0.15, 0.2) is 42.5 Å². The standard InChI is InChI=1S/C29H35Cl2NO3/c1-3-5-6-7-8-9-10-11-12-22-13-15-23(16-14-22)20-32(28(33)29(34)35)21-24(4-2)25-17-18-26(30)27(31)19-25/h13-19,24H,3-10,20-21H2,1-2H3,(H,34,35). The lowest BCUT2D eigenvalue weighted by atomic mass is 9.95. The Morgan fingerprint density at radius 3 is 2.26 bits per heavy atom. The van der Waals surface area contributed by atoms with Gasteiger partial charge < -0.3 is 10.0 Å². The molecule has 6 heteroatoms. The van der Waals surface area contributed by atoms with Crippen molar-refractivity contribution >= 4 is 35.1 Å². The summed E-state index contributed by atoms with van der Waals surface area (Å²) in [5.74, 6) is 3.97. The Labute approximate surface area is 219 Å². The average Bonchev–Trinajstić information content (AvgIpc) is 2.85. The van der Waals surface area contributed by atoms with Crippen molar-refractivity contribution in [2.75, 3.05) is 6.54 Å². The third-order valence-electron chi connectivity index (χ3n) is 6.03. The molecule has 1 atom stereocenters. The molecule has 0 saturated heterocycles. The topological polar surface area (TPSA) is 57.6 Å². The summed E-state index contributed by atoms with van der Waals surface area (Å²) in [6.07, 6.45) is 9.10. The number of amides is 1. The van der Waals surface area contributed by atoms with E-state index in [-0.39, 0.29) is 19.0 Å². The van der Waals surface area contributed by atoms with E-state index in [0.29, 0.717) is 16.5 Å². The van der Waals surface area contributed by atoms with Gasteiger partial charge in [-0.1, -0.05) is 99.2 Å². The maximum Gasteiger partial charge on any atom is 0.394 e.